The minimum atomic E-state index is -4.68. The van der Waals surface area contributed by atoms with Crippen LogP contribution in [0.3, 0.4) is 0 Å². The minimum Gasteiger partial charge on any atom is -0.478 e. The molecule has 11 heteroatoms. The maximum atomic E-state index is 13.4. The molecule has 0 aromatic heterocycles. The molecule has 1 aromatic rings. The van der Waals surface area contributed by atoms with E-state index in [1.165, 1.54) is 0 Å². The smallest absolute Gasteiger partial charge is 0.360 e. The number of nitro benzene ring substituents is 1. The molecule has 0 spiro atoms. The van der Waals surface area contributed by atoms with Gasteiger partial charge in [0.25, 0.3) is 27.9 Å². The van der Waals surface area contributed by atoms with Crippen molar-refractivity contribution in [2.24, 2.45) is 0 Å². The van der Waals surface area contributed by atoms with Gasteiger partial charge in [0, 0.05) is 12.1 Å². The largest absolute Gasteiger partial charge is 0.478 e. The maximum absolute atomic E-state index is 13.4. The van der Waals surface area contributed by atoms with E-state index in [-0.39, 0.29) is 0 Å². The van der Waals surface area contributed by atoms with Crippen molar-refractivity contribution in [3.05, 3.63) is 33.9 Å². The number of amides is 1. The van der Waals surface area contributed by atoms with Gasteiger partial charge in [-0.15, -0.1) is 0 Å². The summed E-state index contributed by atoms with van der Waals surface area (Å²) in [7, 11) is -4.68. The number of nitro groups is 1. The summed E-state index contributed by atoms with van der Waals surface area (Å²) in [6, 6.07) is 2.24. The highest BCUT2D eigenvalue weighted by atomic mass is 32.2. The fourth-order valence-corrected chi connectivity index (χ4v) is 3.21. The highest BCUT2D eigenvalue weighted by Crippen LogP contribution is 2.34. The Morgan fingerprint density at radius 2 is 2.05 bits per heavy atom. The first-order valence-electron chi connectivity index (χ1n) is 4.92. The molecule has 20 heavy (non-hydrogen) atoms. The SMILES string of the molecule is O=C(O)C(F)N1C(=O)c2cc([N+](=O)[O-])ccc2S1(=O)=O. The molecule has 1 aromatic carbocycles. The van der Waals surface area contributed by atoms with Gasteiger partial charge in [0.05, 0.1) is 10.5 Å². The number of hydrogen-bond acceptors (Lipinski definition) is 6. The summed E-state index contributed by atoms with van der Waals surface area (Å²) in [6.07, 6.45) is -3.10. The summed E-state index contributed by atoms with van der Waals surface area (Å²) in [4.78, 5) is 31.3. The Balaban J connectivity index is 2.64. The van der Waals surface area contributed by atoms with Gasteiger partial charge in [-0.1, -0.05) is 0 Å². The Morgan fingerprint density at radius 3 is 2.55 bits per heavy atom. The van der Waals surface area contributed by atoms with Crippen LogP contribution >= 0.6 is 0 Å². The third kappa shape index (κ3) is 1.79. The van der Waals surface area contributed by atoms with Crippen molar-refractivity contribution >= 4 is 27.6 Å². The topological polar surface area (TPSA) is 135 Å². The number of rotatable bonds is 3. The molecule has 0 radical (unpaired) electrons. The number of nitrogens with zero attached hydrogens (tertiary/aromatic N) is 2. The van der Waals surface area contributed by atoms with Crippen LogP contribution in [0.4, 0.5) is 10.1 Å². The molecule has 106 valence electrons. The number of carboxylic acids is 1. The van der Waals surface area contributed by atoms with E-state index in [2.05, 4.69) is 0 Å². The van der Waals surface area contributed by atoms with Crippen LogP contribution in [0, 0.1) is 10.1 Å². The lowest BCUT2D eigenvalue weighted by Crippen LogP contribution is -2.41. The Bertz CT molecular complexity index is 745. The minimum absolute atomic E-state index is 0.455. The molecule has 1 atom stereocenters. The molecule has 0 saturated carbocycles. The van der Waals surface area contributed by atoms with Crippen molar-refractivity contribution in [2.75, 3.05) is 0 Å². The normalized spacial score (nSPS) is 17.6. The van der Waals surface area contributed by atoms with Gasteiger partial charge in [-0.3, -0.25) is 14.9 Å². The lowest BCUT2D eigenvalue weighted by molar-refractivity contribution is -0.384. The van der Waals surface area contributed by atoms with Crippen LogP contribution in [-0.2, 0) is 14.8 Å². The van der Waals surface area contributed by atoms with E-state index in [9.17, 15) is 32.5 Å². The third-order valence-electron chi connectivity index (χ3n) is 2.55. The van der Waals surface area contributed by atoms with Crippen molar-refractivity contribution in [3.63, 3.8) is 0 Å². The molecule has 1 unspecified atom stereocenters. The molecular weight excluding hydrogens is 299 g/mol. The number of sulfonamides is 1. The zero-order valence-electron chi connectivity index (χ0n) is 9.39. The van der Waals surface area contributed by atoms with Crippen LogP contribution in [0.15, 0.2) is 23.1 Å². The number of aliphatic carboxylic acids is 1. The van der Waals surface area contributed by atoms with E-state index in [1.54, 1.807) is 0 Å². The van der Waals surface area contributed by atoms with E-state index < -0.39 is 53.6 Å². The van der Waals surface area contributed by atoms with Gasteiger partial charge in [-0.2, -0.15) is 4.31 Å². The third-order valence-corrected chi connectivity index (χ3v) is 4.33. The Hall–Kier alpha value is -2.56. The number of carbonyl (C=O) groups excluding carboxylic acids is 1. The number of halogens is 1. The summed E-state index contributed by atoms with van der Waals surface area (Å²) >= 11 is 0. The number of alkyl halides is 1. The number of fused-ring (bicyclic) bond motifs is 1. The van der Waals surface area contributed by atoms with Gasteiger partial charge in [-0.05, 0) is 6.07 Å². The lowest BCUT2D eigenvalue weighted by Gasteiger charge is -2.15. The maximum Gasteiger partial charge on any atom is 0.360 e. The van der Waals surface area contributed by atoms with Gasteiger partial charge >= 0.3 is 5.97 Å². The van der Waals surface area contributed by atoms with Crippen LogP contribution in [0.5, 0.6) is 0 Å². The van der Waals surface area contributed by atoms with Crippen LogP contribution in [0.1, 0.15) is 10.4 Å². The van der Waals surface area contributed by atoms with Crippen molar-refractivity contribution < 1.29 is 32.4 Å². The highest BCUT2D eigenvalue weighted by Gasteiger charge is 2.48. The van der Waals surface area contributed by atoms with E-state index >= 15 is 0 Å². The van der Waals surface area contributed by atoms with E-state index in [4.69, 9.17) is 5.11 Å². The molecular formula is C9H5FN2O7S. The molecule has 0 saturated heterocycles. The predicted molar refractivity (Wildman–Crippen MR) is 59.0 cm³/mol. The molecule has 1 aliphatic heterocycles. The standard InChI is InChI=1S/C9H5FN2O7S/c10-7(9(14)15)11-8(13)5-3-4(12(16)17)1-2-6(5)20(11,18)19/h1-3,7H,(H,14,15). The molecule has 1 amide bonds. The van der Waals surface area contributed by atoms with Crippen LogP contribution in [0.2, 0.25) is 0 Å². The van der Waals surface area contributed by atoms with E-state index in [0.29, 0.717) is 6.07 Å². The molecule has 9 nitrogen and oxygen atoms in total. The number of non-ortho nitro benzene ring substituents is 1. The fourth-order valence-electron chi connectivity index (χ4n) is 1.68. The summed E-state index contributed by atoms with van der Waals surface area (Å²) in [6.45, 7) is 0. The summed E-state index contributed by atoms with van der Waals surface area (Å²) in [5.74, 6) is -3.62. The molecule has 1 N–H and O–H groups in total. The molecule has 1 aliphatic rings. The molecule has 1 heterocycles. The van der Waals surface area contributed by atoms with E-state index in [0.717, 1.165) is 12.1 Å². The Morgan fingerprint density at radius 1 is 1.45 bits per heavy atom. The van der Waals surface area contributed by atoms with Crippen LogP contribution in [0.25, 0.3) is 0 Å². The highest BCUT2D eigenvalue weighted by molar-refractivity contribution is 7.90. The Kier molecular flexibility index (Phi) is 2.93. The summed E-state index contributed by atoms with van der Waals surface area (Å²) in [5, 5.41) is 19.0. The monoisotopic (exact) mass is 304 g/mol. The summed E-state index contributed by atoms with van der Waals surface area (Å²) < 4.78 is 36.6. The molecule has 0 bridgehead atoms. The van der Waals surface area contributed by atoms with Crippen LogP contribution in [-0.4, -0.2) is 40.9 Å². The van der Waals surface area contributed by atoms with Gasteiger partial charge in [-0.25, -0.2) is 17.6 Å². The van der Waals surface area contributed by atoms with Gasteiger partial charge < -0.3 is 5.11 Å². The van der Waals surface area contributed by atoms with Gasteiger partial charge in [0.15, 0.2) is 0 Å². The zero-order valence-corrected chi connectivity index (χ0v) is 10.2. The number of benzene rings is 1. The first-order chi connectivity index (χ1) is 9.17. The van der Waals surface area contributed by atoms with Crippen molar-refractivity contribution in [3.8, 4) is 0 Å². The predicted octanol–water partition coefficient (Wildman–Crippen LogP) is 0.119. The average Bonchev–Trinajstić information content (AvgIpc) is 2.56. The van der Waals surface area contributed by atoms with Crippen molar-refractivity contribution in [2.45, 2.75) is 11.2 Å². The quantitative estimate of drug-likeness (QED) is 0.476. The number of hydrogen-bond donors (Lipinski definition) is 1. The number of carboxylic acid groups (broad SMARTS) is 1. The van der Waals surface area contributed by atoms with Crippen molar-refractivity contribution in [1.29, 1.82) is 0 Å². The van der Waals surface area contributed by atoms with Crippen molar-refractivity contribution in [1.82, 2.24) is 4.31 Å². The Labute approximate surface area is 110 Å². The molecule has 0 aliphatic carbocycles. The lowest BCUT2D eigenvalue weighted by atomic mass is 10.2. The fraction of sp³-hybridized carbons (Fsp3) is 0.111. The second kappa shape index (κ2) is 4.23. The average molecular weight is 304 g/mol. The van der Waals surface area contributed by atoms with Gasteiger partial charge in [0.2, 0.25) is 0 Å². The van der Waals surface area contributed by atoms with Crippen LogP contribution < -0.4 is 0 Å². The summed E-state index contributed by atoms with van der Waals surface area (Å²) in [5.41, 5.74) is -1.21. The first kappa shape index (κ1) is 13.9. The molecule has 0 fully saturated rings. The second-order valence-corrected chi connectivity index (χ2v) is 5.50. The van der Waals surface area contributed by atoms with E-state index in [1.807, 2.05) is 0 Å². The zero-order chi connectivity index (χ0) is 15.2. The van der Waals surface area contributed by atoms with Gasteiger partial charge in [0.1, 0.15) is 4.90 Å². The first-order valence-corrected chi connectivity index (χ1v) is 6.36. The second-order valence-electron chi connectivity index (χ2n) is 3.72. The molecule has 2 rings (SSSR count). The number of carbonyl (C=O) groups is 2.